The summed E-state index contributed by atoms with van der Waals surface area (Å²) in [5.74, 6) is 0. The van der Waals surface area contributed by atoms with Crippen molar-refractivity contribution < 1.29 is 0 Å². The van der Waals surface area contributed by atoms with Crippen LogP contribution in [-0.4, -0.2) is 37.2 Å². The quantitative estimate of drug-likeness (QED) is 0.480. The zero-order valence-electron chi connectivity index (χ0n) is 17.7. The molecule has 0 saturated carbocycles. The lowest BCUT2D eigenvalue weighted by atomic mass is 10.1. The van der Waals surface area contributed by atoms with Crippen LogP contribution in [0.3, 0.4) is 0 Å². The highest BCUT2D eigenvalue weighted by molar-refractivity contribution is 5.93. The van der Waals surface area contributed by atoms with Crippen LogP contribution in [0.25, 0.3) is 27.8 Å². The lowest BCUT2D eigenvalue weighted by Crippen LogP contribution is -2.33. The number of aromatic nitrogens is 5. The second kappa shape index (κ2) is 7.76. The van der Waals surface area contributed by atoms with Gasteiger partial charge in [0, 0.05) is 30.5 Å². The fourth-order valence-electron chi connectivity index (χ4n) is 4.70. The van der Waals surface area contributed by atoms with Crippen molar-refractivity contribution in [3.63, 3.8) is 0 Å². The Labute approximate surface area is 185 Å². The van der Waals surface area contributed by atoms with Gasteiger partial charge in [0.1, 0.15) is 5.69 Å². The van der Waals surface area contributed by atoms with Crippen molar-refractivity contribution >= 4 is 10.9 Å². The van der Waals surface area contributed by atoms with Crippen LogP contribution < -0.4 is 10.9 Å². The number of rotatable bonds is 4. The zero-order chi connectivity index (χ0) is 21.5. The van der Waals surface area contributed by atoms with Gasteiger partial charge in [0.05, 0.1) is 22.8 Å². The van der Waals surface area contributed by atoms with E-state index in [0.717, 1.165) is 53.8 Å². The van der Waals surface area contributed by atoms with Crippen molar-refractivity contribution in [3.05, 3.63) is 89.1 Å². The molecule has 1 N–H and O–H groups in total. The maximum absolute atomic E-state index is 13.3. The second-order valence-corrected chi connectivity index (χ2v) is 8.38. The molecule has 160 valence electrons. The molecule has 0 atom stereocenters. The van der Waals surface area contributed by atoms with E-state index in [1.54, 1.807) is 10.9 Å². The molecule has 6 rings (SSSR count). The number of nitrogens with zero attached hydrogens (tertiary/aromatic N) is 5. The van der Waals surface area contributed by atoms with Gasteiger partial charge in [0.15, 0.2) is 0 Å². The van der Waals surface area contributed by atoms with Crippen molar-refractivity contribution in [2.75, 3.05) is 13.1 Å². The second-order valence-electron chi connectivity index (χ2n) is 8.38. The number of fused-ring (bicyclic) bond motifs is 3. The molecular weight excluding hydrogens is 400 g/mol. The molecule has 32 heavy (non-hydrogen) atoms. The van der Waals surface area contributed by atoms with E-state index >= 15 is 0 Å². The fraction of sp³-hybridized carbons (Fsp3) is 0.240. The number of nitrogens with one attached hydrogen (secondary N) is 1. The average molecular weight is 425 g/mol. The van der Waals surface area contributed by atoms with E-state index in [1.807, 2.05) is 35.3 Å². The molecule has 1 aromatic heterocycles. The predicted octanol–water partition coefficient (Wildman–Crippen LogP) is 3.46. The van der Waals surface area contributed by atoms with E-state index in [-0.39, 0.29) is 11.6 Å². The Morgan fingerprint density at radius 2 is 1.81 bits per heavy atom. The van der Waals surface area contributed by atoms with E-state index < -0.39 is 0 Å². The van der Waals surface area contributed by atoms with Crippen LogP contribution in [0.4, 0.5) is 0 Å². The van der Waals surface area contributed by atoms with Crippen molar-refractivity contribution in [2.24, 2.45) is 0 Å². The van der Waals surface area contributed by atoms with Crippen LogP contribution in [-0.2, 0) is 6.54 Å². The lowest BCUT2D eigenvalue weighted by molar-refractivity contribution is 0.338. The standard InChI is InChI=1S/C25H24N6O/c32-25-22-17-29(16-18-6-8-19(9-7-18)30-15-3-12-27-30)23-5-2-1-4-21(23)24(22)28-31(25)20-10-13-26-14-11-20/h1-9,12,15,17,20,26H,10-11,13-14,16H2. The van der Waals surface area contributed by atoms with Crippen LogP contribution in [0.15, 0.2) is 78.0 Å². The Morgan fingerprint density at radius 3 is 2.59 bits per heavy atom. The molecule has 7 nitrogen and oxygen atoms in total. The molecule has 1 saturated heterocycles. The summed E-state index contributed by atoms with van der Waals surface area (Å²) in [7, 11) is 0. The number of hydrogen-bond donors (Lipinski definition) is 1. The van der Waals surface area contributed by atoms with Gasteiger partial charge in [-0.2, -0.15) is 10.2 Å². The van der Waals surface area contributed by atoms with Gasteiger partial charge in [-0.15, -0.1) is 0 Å². The van der Waals surface area contributed by atoms with Gasteiger partial charge in [0.25, 0.3) is 5.56 Å². The van der Waals surface area contributed by atoms with E-state index in [2.05, 4.69) is 51.4 Å². The zero-order valence-corrected chi connectivity index (χ0v) is 17.7. The van der Waals surface area contributed by atoms with Crippen molar-refractivity contribution in [2.45, 2.75) is 25.4 Å². The molecule has 1 fully saturated rings. The molecule has 4 heterocycles. The minimum Gasteiger partial charge on any atom is -0.342 e. The first-order chi connectivity index (χ1) is 15.8. The Kier molecular flexibility index (Phi) is 4.61. The molecule has 0 spiro atoms. The smallest absolute Gasteiger partial charge is 0.278 e. The van der Waals surface area contributed by atoms with Gasteiger partial charge < -0.3 is 9.88 Å². The largest absolute Gasteiger partial charge is 0.342 e. The van der Waals surface area contributed by atoms with Crippen LogP contribution in [0.2, 0.25) is 0 Å². The summed E-state index contributed by atoms with van der Waals surface area (Å²) < 4.78 is 5.73. The third kappa shape index (κ3) is 3.22. The lowest BCUT2D eigenvalue weighted by Gasteiger charge is -2.21. The third-order valence-corrected chi connectivity index (χ3v) is 6.37. The first-order valence-electron chi connectivity index (χ1n) is 11.1. The number of para-hydroxylation sites is 1. The Morgan fingerprint density at radius 1 is 1.00 bits per heavy atom. The first kappa shape index (κ1) is 19.0. The number of benzene rings is 2. The minimum atomic E-state index is 0.0143. The molecule has 2 aromatic carbocycles. The predicted molar refractivity (Wildman–Crippen MR) is 124 cm³/mol. The fourth-order valence-corrected chi connectivity index (χ4v) is 4.70. The summed E-state index contributed by atoms with van der Waals surface area (Å²) in [4.78, 5) is 13.3. The van der Waals surface area contributed by atoms with E-state index in [4.69, 9.17) is 5.10 Å². The summed E-state index contributed by atoms with van der Waals surface area (Å²) in [6, 6.07) is 18.6. The molecule has 3 aliphatic heterocycles. The molecule has 7 heteroatoms. The Balaban J connectivity index is 1.43. The normalized spacial score (nSPS) is 15.0. The van der Waals surface area contributed by atoms with Gasteiger partial charge in [0.2, 0.25) is 0 Å². The molecule has 0 amide bonds. The Bertz CT molecular complexity index is 1390. The van der Waals surface area contributed by atoms with Crippen molar-refractivity contribution in [1.82, 2.24) is 29.4 Å². The molecule has 0 radical (unpaired) electrons. The highest BCUT2D eigenvalue weighted by Gasteiger charge is 2.25. The molecule has 0 bridgehead atoms. The SMILES string of the molecule is O=c1c2cn(Cc3ccc(-n4cccn4)cc3)c3ccccc3c-2nn1C1CCNCC1. The number of hydrogen-bond acceptors (Lipinski definition) is 4. The summed E-state index contributed by atoms with van der Waals surface area (Å²) >= 11 is 0. The first-order valence-corrected chi connectivity index (χ1v) is 11.1. The van der Waals surface area contributed by atoms with Gasteiger partial charge in [-0.1, -0.05) is 30.3 Å². The van der Waals surface area contributed by atoms with Crippen LogP contribution in [0.5, 0.6) is 0 Å². The summed E-state index contributed by atoms with van der Waals surface area (Å²) in [5.41, 5.74) is 4.76. The van der Waals surface area contributed by atoms with Gasteiger partial charge in [-0.3, -0.25) is 4.79 Å². The van der Waals surface area contributed by atoms with Gasteiger partial charge >= 0.3 is 0 Å². The van der Waals surface area contributed by atoms with Crippen molar-refractivity contribution in [1.29, 1.82) is 0 Å². The van der Waals surface area contributed by atoms with Crippen LogP contribution in [0.1, 0.15) is 24.4 Å². The van der Waals surface area contributed by atoms with Crippen LogP contribution >= 0.6 is 0 Å². The monoisotopic (exact) mass is 424 g/mol. The summed E-state index contributed by atoms with van der Waals surface area (Å²) in [6.45, 7) is 2.53. The summed E-state index contributed by atoms with van der Waals surface area (Å²) in [5, 5.41) is 13.5. The number of piperidine rings is 1. The van der Waals surface area contributed by atoms with Gasteiger partial charge in [-0.05, 0) is 55.8 Å². The molecule has 0 aliphatic carbocycles. The molecule has 3 aliphatic rings. The minimum absolute atomic E-state index is 0.0143. The van der Waals surface area contributed by atoms with Crippen LogP contribution in [0, 0.1) is 0 Å². The maximum Gasteiger partial charge on any atom is 0.278 e. The maximum atomic E-state index is 13.3. The summed E-state index contributed by atoms with van der Waals surface area (Å²) in [6.07, 6.45) is 7.55. The van der Waals surface area contributed by atoms with E-state index in [9.17, 15) is 4.79 Å². The highest BCUT2D eigenvalue weighted by Crippen LogP contribution is 2.29. The Hall–Kier alpha value is -3.71. The molecular formula is C25H24N6O. The third-order valence-electron chi connectivity index (χ3n) is 6.37. The van der Waals surface area contributed by atoms with E-state index in [1.165, 1.54) is 0 Å². The average Bonchev–Trinajstić information content (AvgIpc) is 3.49. The van der Waals surface area contributed by atoms with Crippen molar-refractivity contribution in [3.8, 4) is 16.9 Å². The van der Waals surface area contributed by atoms with E-state index in [0.29, 0.717) is 12.1 Å². The van der Waals surface area contributed by atoms with Gasteiger partial charge in [-0.25, -0.2) is 9.36 Å². The molecule has 3 aromatic rings. The highest BCUT2D eigenvalue weighted by atomic mass is 16.1. The number of pyridine rings is 1. The topological polar surface area (TPSA) is 69.7 Å². The molecule has 0 unspecified atom stereocenters.